The van der Waals surface area contributed by atoms with Crippen LogP contribution in [0.25, 0.3) is 0 Å². The van der Waals surface area contributed by atoms with Crippen molar-refractivity contribution in [1.29, 1.82) is 0 Å². The van der Waals surface area contributed by atoms with E-state index in [4.69, 9.17) is 0 Å². The van der Waals surface area contributed by atoms with E-state index >= 15 is 0 Å². The summed E-state index contributed by atoms with van der Waals surface area (Å²) in [6, 6.07) is 12.7. The van der Waals surface area contributed by atoms with Crippen molar-refractivity contribution in [3.8, 4) is 0 Å². The van der Waals surface area contributed by atoms with Gasteiger partial charge in [-0.3, -0.25) is 9.59 Å². The predicted molar refractivity (Wildman–Crippen MR) is 101 cm³/mol. The summed E-state index contributed by atoms with van der Waals surface area (Å²) < 4.78 is 13.9. The van der Waals surface area contributed by atoms with Crippen LogP contribution in [-0.4, -0.2) is 35.8 Å². The van der Waals surface area contributed by atoms with Crippen LogP contribution in [0.3, 0.4) is 0 Å². The molecule has 27 heavy (non-hydrogen) atoms. The number of hydrogen-bond donors (Lipinski definition) is 1. The molecule has 3 aliphatic rings. The van der Waals surface area contributed by atoms with Gasteiger partial charge in [0, 0.05) is 24.7 Å². The molecule has 3 saturated heterocycles. The molecule has 3 heterocycles. The van der Waals surface area contributed by atoms with Crippen molar-refractivity contribution in [2.24, 2.45) is 5.92 Å². The Hall–Kier alpha value is -2.69. The second kappa shape index (κ2) is 7.14. The molecule has 4 nitrogen and oxygen atoms in total. The Morgan fingerprint density at radius 2 is 2.00 bits per heavy atom. The second-order valence-corrected chi connectivity index (χ2v) is 7.61. The average Bonchev–Trinajstić information content (AvgIpc) is 2.96. The lowest BCUT2D eigenvalue weighted by molar-refractivity contribution is -0.126. The first-order valence-electron chi connectivity index (χ1n) is 9.44. The lowest BCUT2D eigenvalue weighted by Gasteiger charge is -2.23. The largest absolute Gasteiger partial charge is 0.351 e. The quantitative estimate of drug-likeness (QED) is 0.908. The van der Waals surface area contributed by atoms with Crippen molar-refractivity contribution < 1.29 is 14.0 Å². The third kappa shape index (κ3) is 3.59. The van der Waals surface area contributed by atoms with Crippen molar-refractivity contribution in [2.45, 2.75) is 32.2 Å². The Bertz CT molecular complexity index is 896. The molecule has 3 aliphatic heterocycles. The van der Waals surface area contributed by atoms with Gasteiger partial charge < -0.3 is 10.2 Å². The van der Waals surface area contributed by atoms with Gasteiger partial charge in [0.15, 0.2) is 0 Å². The molecule has 2 amide bonds. The summed E-state index contributed by atoms with van der Waals surface area (Å²) in [5.41, 5.74) is 2.96. The number of hydrogen-bond acceptors (Lipinski definition) is 2. The number of nitrogens with one attached hydrogen (secondary N) is 1. The van der Waals surface area contributed by atoms with Gasteiger partial charge in [0.05, 0.1) is 5.92 Å². The Morgan fingerprint density at radius 3 is 2.78 bits per heavy atom. The van der Waals surface area contributed by atoms with Gasteiger partial charge in [-0.25, -0.2) is 4.39 Å². The van der Waals surface area contributed by atoms with Gasteiger partial charge in [0.2, 0.25) is 5.91 Å². The lowest BCUT2D eigenvalue weighted by Crippen LogP contribution is -2.43. The molecule has 5 heteroatoms. The molecule has 0 spiro atoms. The number of carbonyl (C=O) groups is 2. The van der Waals surface area contributed by atoms with E-state index in [1.165, 1.54) is 6.07 Å². The fraction of sp³-hybridized carbons (Fsp3) is 0.364. The number of benzene rings is 2. The second-order valence-electron chi connectivity index (χ2n) is 7.61. The molecule has 2 bridgehead atoms. The highest BCUT2D eigenvalue weighted by atomic mass is 19.1. The monoisotopic (exact) mass is 366 g/mol. The van der Waals surface area contributed by atoms with E-state index in [2.05, 4.69) is 5.32 Å². The predicted octanol–water partition coefficient (Wildman–Crippen LogP) is 3.08. The Balaban J connectivity index is 1.59. The van der Waals surface area contributed by atoms with E-state index in [1.54, 1.807) is 17.9 Å². The van der Waals surface area contributed by atoms with E-state index in [0.29, 0.717) is 30.6 Å². The van der Waals surface area contributed by atoms with Crippen molar-refractivity contribution in [3.63, 3.8) is 0 Å². The lowest BCUT2D eigenvalue weighted by atomic mass is 9.96. The molecule has 0 unspecified atom stereocenters. The SMILES string of the molecule is Cc1ccc(Cc2ccccc2C(=O)N2C[C@@H]3CC[C@H](C2)C(=O)N3)cc1F. The number of amides is 2. The minimum atomic E-state index is -0.231. The fourth-order valence-electron chi connectivity index (χ4n) is 4.03. The highest BCUT2D eigenvalue weighted by Gasteiger charge is 2.36. The standard InChI is InChI=1S/C22H23FN2O2/c1-14-6-7-15(11-20(14)23)10-16-4-2-3-5-19(16)22(27)25-12-17-8-9-18(13-25)24-21(17)26/h2-7,11,17-18H,8-10,12-13H2,1H3,(H,24,26)/t17-,18+/m1/s1. The summed E-state index contributed by atoms with van der Waals surface area (Å²) in [6.45, 7) is 2.75. The molecule has 2 aromatic carbocycles. The highest BCUT2D eigenvalue weighted by molar-refractivity contribution is 5.96. The third-order valence-electron chi connectivity index (χ3n) is 5.63. The zero-order chi connectivity index (χ0) is 19.0. The van der Waals surface area contributed by atoms with Gasteiger partial charge in [0.25, 0.3) is 5.91 Å². The molecule has 0 saturated carbocycles. The number of aryl methyl sites for hydroxylation is 1. The van der Waals surface area contributed by atoms with Crippen LogP contribution in [0, 0.1) is 18.7 Å². The minimum Gasteiger partial charge on any atom is -0.351 e. The first-order valence-corrected chi connectivity index (χ1v) is 9.44. The van der Waals surface area contributed by atoms with E-state index in [1.807, 2.05) is 30.3 Å². The number of rotatable bonds is 3. The van der Waals surface area contributed by atoms with Crippen molar-refractivity contribution in [1.82, 2.24) is 10.2 Å². The summed E-state index contributed by atoms with van der Waals surface area (Å²) in [6.07, 6.45) is 2.26. The Morgan fingerprint density at radius 1 is 1.19 bits per heavy atom. The van der Waals surface area contributed by atoms with Crippen LogP contribution < -0.4 is 5.32 Å². The maximum Gasteiger partial charge on any atom is 0.254 e. The van der Waals surface area contributed by atoms with Crippen LogP contribution in [0.5, 0.6) is 0 Å². The van der Waals surface area contributed by atoms with Crippen LogP contribution in [0.1, 0.15) is 39.9 Å². The summed E-state index contributed by atoms with van der Waals surface area (Å²) >= 11 is 0. The molecule has 0 aromatic heterocycles. The Kier molecular flexibility index (Phi) is 4.68. The van der Waals surface area contributed by atoms with Crippen LogP contribution in [0.2, 0.25) is 0 Å². The van der Waals surface area contributed by atoms with Gasteiger partial charge in [-0.05, 0) is 55.0 Å². The summed E-state index contributed by atoms with van der Waals surface area (Å²) in [4.78, 5) is 27.1. The maximum absolute atomic E-state index is 13.9. The molecule has 0 aliphatic carbocycles. The van der Waals surface area contributed by atoms with Crippen LogP contribution >= 0.6 is 0 Å². The van der Waals surface area contributed by atoms with E-state index in [9.17, 15) is 14.0 Å². The van der Waals surface area contributed by atoms with Gasteiger partial charge >= 0.3 is 0 Å². The maximum atomic E-state index is 13.9. The zero-order valence-corrected chi connectivity index (χ0v) is 15.4. The van der Waals surface area contributed by atoms with Crippen LogP contribution in [0.4, 0.5) is 4.39 Å². The topological polar surface area (TPSA) is 49.4 Å². The van der Waals surface area contributed by atoms with Crippen LogP contribution in [-0.2, 0) is 11.2 Å². The molecular weight excluding hydrogens is 343 g/mol. The van der Waals surface area contributed by atoms with Gasteiger partial charge in [-0.1, -0.05) is 30.3 Å². The third-order valence-corrected chi connectivity index (χ3v) is 5.63. The molecule has 5 rings (SSSR count). The molecule has 140 valence electrons. The normalized spacial score (nSPS) is 21.7. The molecule has 3 fully saturated rings. The van der Waals surface area contributed by atoms with Crippen molar-refractivity contribution in [3.05, 3.63) is 70.5 Å². The number of piperidine rings is 1. The first-order chi connectivity index (χ1) is 13.0. The molecule has 2 atom stereocenters. The molecule has 2 aromatic rings. The van der Waals surface area contributed by atoms with Crippen LogP contribution in [0.15, 0.2) is 42.5 Å². The smallest absolute Gasteiger partial charge is 0.254 e. The van der Waals surface area contributed by atoms with Crippen molar-refractivity contribution in [2.75, 3.05) is 13.1 Å². The number of carbonyl (C=O) groups excluding carboxylic acids is 2. The van der Waals surface area contributed by atoms with Gasteiger partial charge in [-0.2, -0.15) is 0 Å². The molecule has 0 radical (unpaired) electrons. The number of halogens is 1. The Labute approximate surface area is 158 Å². The van der Waals surface area contributed by atoms with Gasteiger partial charge in [-0.15, -0.1) is 0 Å². The van der Waals surface area contributed by atoms with E-state index < -0.39 is 0 Å². The summed E-state index contributed by atoms with van der Waals surface area (Å²) in [5.74, 6) is -0.340. The number of nitrogens with zero attached hydrogens (tertiary/aromatic N) is 1. The number of fused-ring (bicyclic) bond motifs is 4. The van der Waals surface area contributed by atoms with E-state index in [-0.39, 0.29) is 29.6 Å². The van der Waals surface area contributed by atoms with Crippen molar-refractivity contribution >= 4 is 11.8 Å². The highest BCUT2D eigenvalue weighted by Crippen LogP contribution is 2.25. The minimum absolute atomic E-state index is 0.0403. The molecule has 1 N–H and O–H groups in total. The van der Waals surface area contributed by atoms with E-state index in [0.717, 1.165) is 24.0 Å². The van der Waals surface area contributed by atoms with Gasteiger partial charge in [0.1, 0.15) is 5.82 Å². The average molecular weight is 366 g/mol. The zero-order valence-electron chi connectivity index (χ0n) is 15.4. The first kappa shape index (κ1) is 17.7. The fourth-order valence-corrected chi connectivity index (χ4v) is 4.03. The summed E-state index contributed by atoms with van der Waals surface area (Å²) in [5, 5.41) is 3.01. The summed E-state index contributed by atoms with van der Waals surface area (Å²) in [7, 11) is 0. The molecular formula is C22H23FN2O2.